The monoisotopic (exact) mass is 391 g/mol. The molecule has 0 N–H and O–H groups in total. The fourth-order valence-electron chi connectivity index (χ4n) is 3.51. The standard InChI is InChI=1S/C22H18FN3O3/c23-17-7-1-15(2-8-17)13-25(21(28)16-5-6-16)19-11-20(27)26(22(19)29)18-9-3-14(12-24)4-10-18/h1-4,7-10,16,19H,5-6,11,13H2. The SMILES string of the molecule is N#Cc1ccc(N2C(=O)CC(N(Cc3ccc(F)cc3)C(=O)C3CC3)C2=O)cc1. The first-order chi connectivity index (χ1) is 14.0. The van der Waals surface area contributed by atoms with Gasteiger partial charge in [-0.2, -0.15) is 5.26 Å². The third kappa shape index (κ3) is 3.74. The number of benzene rings is 2. The van der Waals surface area contributed by atoms with Gasteiger partial charge in [0, 0.05) is 12.5 Å². The number of nitriles is 1. The van der Waals surface area contributed by atoms with Gasteiger partial charge in [-0.25, -0.2) is 9.29 Å². The molecule has 29 heavy (non-hydrogen) atoms. The Labute approximate surface area is 167 Å². The van der Waals surface area contributed by atoms with Gasteiger partial charge in [-0.05, 0) is 54.8 Å². The van der Waals surface area contributed by atoms with E-state index in [0.29, 0.717) is 16.8 Å². The number of amides is 3. The summed E-state index contributed by atoms with van der Waals surface area (Å²) in [4.78, 5) is 41.1. The second-order valence-electron chi connectivity index (χ2n) is 7.31. The van der Waals surface area contributed by atoms with Crippen molar-refractivity contribution >= 4 is 23.4 Å². The third-order valence-corrected chi connectivity index (χ3v) is 5.23. The van der Waals surface area contributed by atoms with Gasteiger partial charge in [0.1, 0.15) is 11.9 Å². The molecule has 1 aliphatic heterocycles. The summed E-state index contributed by atoms with van der Waals surface area (Å²) in [7, 11) is 0. The number of nitrogens with zero attached hydrogens (tertiary/aromatic N) is 3. The molecule has 2 aromatic carbocycles. The lowest BCUT2D eigenvalue weighted by atomic mass is 10.1. The van der Waals surface area contributed by atoms with E-state index in [1.54, 1.807) is 24.3 Å². The molecule has 0 bridgehead atoms. The van der Waals surface area contributed by atoms with Crippen molar-refractivity contribution in [2.45, 2.75) is 31.8 Å². The molecule has 0 spiro atoms. The summed E-state index contributed by atoms with van der Waals surface area (Å²) in [6.07, 6.45) is 1.44. The summed E-state index contributed by atoms with van der Waals surface area (Å²) in [5.41, 5.74) is 1.49. The van der Waals surface area contributed by atoms with Crippen LogP contribution in [0.2, 0.25) is 0 Å². The minimum absolute atomic E-state index is 0.0987. The Hall–Kier alpha value is -3.53. The molecule has 4 rings (SSSR count). The summed E-state index contributed by atoms with van der Waals surface area (Å²) in [6, 6.07) is 13.0. The van der Waals surface area contributed by atoms with Crippen LogP contribution in [-0.2, 0) is 20.9 Å². The van der Waals surface area contributed by atoms with Crippen LogP contribution in [0.4, 0.5) is 10.1 Å². The Morgan fingerprint density at radius 3 is 2.34 bits per heavy atom. The van der Waals surface area contributed by atoms with Gasteiger partial charge in [0.15, 0.2) is 0 Å². The van der Waals surface area contributed by atoms with E-state index in [9.17, 15) is 18.8 Å². The molecule has 146 valence electrons. The van der Waals surface area contributed by atoms with Gasteiger partial charge in [-0.15, -0.1) is 0 Å². The topological polar surface area (TPSA) is 81.5 Å². The second-order valence-corrected chi connectivity index (χ2v) is 7.31. The summed E-state index contributed by atoms with van der Waals surface area (Å²) in [5.74, 6) is -1.51. The molecule has 2 aliphatic rings. The van der Waals surface area contributed by atoms with Gasteiger partial charge < -0.3 is 4.90 Å². The maximum atomic E-state index is 13.2. The van der Waals surface area contributed by atoms with Gasteiger partial charge in [-0.1, -0.05) is 12.1 Å². The zero-order chi connectivity index (χ0) is 20.5. The predicted octanol–water partition coefficient (Wildman–Crippen LogP) is 2.77. The van der Waals surface area contributed by atoms with Gasteiger partial charge in [0.2, 0.25) is 11.8 Å². The van der Waals surface area contributed by atoms with E-state index >= 15 is 0 Å². The molecule has 1 saturated heterocycles. The van der Waals surface area contributed by atoms with Crippen molar-refractivity contribution in [2.75, 3.05) is 4.90 Å². The van der Waals surface area contributed by atoms with Crippen molar-refractivity contribution in [1.29, 1.82) is 5.26 Å². The van der Waals surface area contributed by atoms with Crippen molar-refractivity contribution in [3.63, 3.8) is 0 Å². The molecule has 2 fully saturated rings. The molecule has 1 unspecified atom stereocenters. The minimum Gasteiger partial charge on any atom is -0.326 e. The lowest BCUT2D eigenvalue weighted by molar-refractivity contribution is -0.140. The largest absolute Gasteiger partial charge is 0.326 e. The van der Waals surface area contributed by atoms with Gasteiger partial charge >= 0.3 is 0 Å². The summed E-state index contributed by atoms with van der Waals surface area (Å²) in [5, 5.41) is 8.92. The van der Waals surface area contributed by atoms with Crippen molar-refractivity contribution in [3.05, 3.63) is 65.5 Å². The molecule has 1 heterocycles. The number of halogens is 1. The average molecular weight is 391 g/mol. The van der Waals surface area contributed by atoms with E-state index in [0.717, 1.165) is 17.7 Å². The van der Waals surface area contributed by atoms with Crippen LogP contribution in [0, 0.1) is 23.1 Å². The van der Waals surface area contributed by atoms with Gasteiger partial charge in [0.25, 0.3) is 5.91 Å². The van der Waals surface area contributed by atoms with Crippen molar-refractivity contribution in [1.82, 2.24) is 4.90 Å². The highest BCUT2D eigenvalue weighted by Gasteiger charge is 2.46. The first-order valence-corrected chi connectivity index (χ1v) is 9.40. The first-order valence-electron chi connectivity index (χ1n) is 9.40. The van der Waals surface area contributed by atoms with Crippen LogP contribution in [0.5, 0.6) is 0 Å². The number of carbonyl (C=O) groups is 3. The molecule has 0 aromatic heterocycles. The van der Waals surface area contributed by atoms with Crippen LogP contribution >= 0.6 is 0 Å². The highest BCUT2D eigenvalue weighted by atomic mass is 19.1. The zero-order valence-electron chi connectivity index (χ0n) is 15.5. The van der Waals surface area contributed by atoms with E-state index in [1.807, 2.05) is 6.07 Å². The number of carbonyl (C=O) groups excluding carboxylic acids is 3. The number of imide groups is 1. The molecule has 1 saturated carbocycles. The molecular formula is C22H18FN3O3. The Balaban J connectivity index is 1.61. The number of anilines is 1. The summed E-state index contributed by atoms with van der Waals surface area (Å²) in [6.45, 7) is 0.139. The number of hydrogen-bond acceptors (Lipinski definition) is 4. The second kappa shape index (κ2) is 7.47. The minimum atomic E-state index is -0.892. The highest BCUT2D eigenvalue weighted by Crippen LogP contribution is 2.34. The van der Waals surface area contributed by atoms with Gasteiger partial charge in [-0.3, -0.25) is 14.4 Å². The van der Waals surface area contributed by atoms with Crippen LogP contribution in [0.15, 0.2) is 48.5 Å². The lowest BCUT2D eigenvalue weighted by Crippen LogP contribution is -2.45. The maximum Gasteiger partial charge on any atom is 0.257 e. The first kappa shape index (κ1) is 18.8. The third-order valence-electron chi connectivity index (χ3n) is 5.23. The Morgan fingerprint density at radius 2 is 1.76 bits per heavy atom. The maximum absolute atomic E-state index is 13.2. The fourth-order valence-corrected chi connectivity index (χ4v) is 3.51. The van der Waals surface area contributed by atoms with E-state index in [2.05, 4.69) is 0 Å². The smallest absolute Gasteiger partial charge is 0.257 e. The number of hydrogen-bond donors (Lipinski definition) is 0. The molecule has 6 nitrogen and oxygen atoms in total. The quantitative estimate of drug-likeness (QED) is 0.734. The zero-order valence-corrected chi connectivity index (χ0v) is 15.5. The Bertz CT molecular complexity index is 1010. The van der Waals surface area contributed by atoms with Crippen molar-refractivity contribution in [2.24, 2.45) is 5.92 Å². The molecular weight excluding hydrogens is 373 g/mol. The molecule has 1 atom stereocenters. The van der Waals surface area contributed by atoms with Crippen LogP contribution in [0.25, 0.3) is 0 Å². The van der Waals surface area contributed by atoms with Crippen LogP contribution < -0.4 is 4.90 Å². The lowest BCUT2D eigenvalue weighted by Gasteiger charge is -2.28. The summed E-state index contributed by atoms with van der Waals surface area (Å²) >= 11 is 0. The Morgan fingerprint density at radius 1 is 1.10 bits per heavy atom. The van der Waals surface area contributed by atoms with E-state index < -0.39 is 17.9 Å². The molecule has 3 amide bonds. The van der Waals surface area contributed by atoms with Crippen LogP contribution in [-0.4, -0.2) is 28.7 Å². The van der Waals surface area contributed by atoms with Gasteiger partial charge in [0.05, 0.1) is 23.7 Å². The predicted molar refractivity (Wildman–Crippen MR) is 102 cm³/mol. The highest BCUT2D eigenvalue weighted by molar-refractivity contribution is 6.23. The summed E-state index contributed by atoms with van der Waals surface area (Å²) < 4.78 is 13.2. The van der Waals surface area contributed by atoms with E-state index in [4.69, 9.17) is 5.26 Å². The Kier molecular flexibility index (Phi) is 4.85. The van der Waals surface area contributed by atoms with Crippen LogP contribution in [0.3, 0.4) is 0 Å². The number of rotatable bonds is 5. The van der Waals surface area contributed by atoms with Crippen molar-refractivity contribution in [3.8, 4) is 6.07 Å². The van der Waals surface area contributed by atoms with Crippen LogP contribution in [0.1, 0.15) is 30.4 Å². The van der Waals surface area contributed by atoms with E-state index in [1.165, 1.54) is 29.2 Å². The molecule has 0 radical (unpaired) electrons. The van der Waals surface area contributed by atoms with Crippen molar-refractivity contribution < 1.29 is 18.8 Å². The molecule has 1 aliphatic carbocycles. The molecule has 7 heteroatoms. The fraction of sp³-hybridized carbons (Fsp3) is 0.273. The average Bonchev–Trinajstić information content (AvgIpc) is 3.53. The normalized spacial score (nSPS) is 18.6. The molecule has 2 aromatic rings. The van der Waals surface area contributed by atoms with E-state index in [-0.39, 0.29) is 30.6 Å².